The lowest BCUT2D eigenvalue weighted by atomic mass is 10.2. The molecule has 1 heterocycles. The number of rotatable bonds is 4. The van der Waals surface area contributed by atoms with Crippen LogP contribution in [0, 0.1) is 0 Å². The minimum Gasteiger partial charge on any atom is -0.379 e. The van der Waals surface area contributed by atoms with Crippen molar-refractivity contribution in [1.82, 2.24) is 0 Å². The van der Waals surface area contributed by atoms with E-state index in [1.165, 1.54) is 0 Å². The molecule has 0 bridgehead atoms. The molecule has 0 radical (unpaired) electrons. The van der Waals surface area contributed by atoms with Crippen LogP contribution in [0.1, 0.15) is 18.4 Å². The van der Waals surface area contributed by atoms with Crippen molar-refractivity contribution in [1.29, 1.82) is 0 Å². The van der Waals surface area contributed by atoms with Crippen LogP contribution in [0.15, 0.2) is 48.5 Å². The number of nitrogens with one attached hydrogen (secondary N) is 1. The smallest absolute Gasteiger partial charge is 0.227 e. The van der Waals surface area contributed by atoms with E-state index in [4.69, 9.17) is 11.6 Å². The molecule has 0 atom stereocenters. The van der Waals surface area contributed by atoms with Crippen LogP contribution in [0.5, 0.6) is 0 Å². The van der Waals surface area contributed by atoms with Crippen LogP contribution in [-0.2, 0) is 11.3 Å². The molecule has 0 aromatic heterocycles. The molecular formula is C17H17ClN2O. The summed E-state index contributed by atoms with van der Waals surface area (Å²) in [6.45, 7) is 1.51. The van der Waals surface area contributed by atoms with Crippen molar-refractivity contribution in [3.05, 3.63) is 59.1 Å². The van der Waals surface area contributed by atoms with Gasteiger partial charge in [0.05, 0.1) is 11.4 Å². The predicted molar refractivity (Wildman–Crippen MR) is 86.8 cm³/mol. The number of halogens is 1. The van der Waals surface area contributed by atoms with E-state index < -0.39 is 0 Å². The van der Waals surface area contributed by atoms with Gasteiger partial charge < -0.3 is 10.2 Å². The fraction of sp³-hybridized carbons (Fsp3) is 0.235. The van der Waals surface area contributed by atoms with Crippen molar-refractivity contribution in [2.75, 3.05) is 16.8 Å². The summed E-state index contributed by atoms with van der Waals surface area (Å²) in [5.41, 5.74) is 3.11. The summed E-state index contributed by atoms with van der Waals surface area (Å²) in [7, 11) is 0. The monoisotopic (exact) mass is 300 g/mol. The Morgan fingerprint density at radius 3 is 2.57 bits per heavy atom. The van der Waals surface area contributed by atoms with Gasteiger partial charge in [0.2, 0.25) is 5.91 Å². The van der Waals surface area contributed by atoms with Gasteiger partial charge in [0.1, 0.15) is 0 Å². The Kier molecular flexibility index (Phi) is 4.11. The molecule has 1 saturated heterocycles. The average Bonchev–Trinajstić information content (AvgIpc) is 2.93. The molecule has 1 aliphatic rings. The Morgan fingerprint density at radius 2 is 1.86 bits per heavy atom. The highest BCUT2D eigenvalue weighted by Crippen LogP contribution is 2.29. The number of anilines is 2. The van der Waals surface area contributed by atoms with Gasteiger partial charge in [0.25, 0.3) is 0 Å². The lowest BCUT2D eigenvalue weighted by Crippen LogP contribution is -2.24. The third kappa shape index (κ3) is 3.19. The van der Waals surface area contributed by atoms with E-state index in [1.54, 1.807) is 0 Å². The van der Waals surface area contributed by atoms with Crippen molar-refractivity contribution in [3.63, 3.8) is 0 Å². The molecule has 0 unspecified atom stereocenters. The van der Waals surface area contributed by atoms with E-state index in [0.717, 1.165) is 34.9 Å². The largest absolute Gasteiger partial charge is 0.379 e. The molecule has 21 heavy (non-hydrogen) atoms. The maximum atomic E-state index is 11.9. The number of amides is 1. The van der Waals surface area contributed by atoms with Gasteiger partial charge in [-0.3, -0.25) is 4.79 Å². The molecule has 1 amide bonds. The van der Waals surface area contributed by atoms with E-state index in [0.29, 0.717) is 13.0 Å². The summed E-state index contributed by atoms with van der Waals surface area (Å²) in [6, 6.07) is 15.7. The number of hydrogen-bond acceptors (Lipinski definition) is 2. The van der Waals surface area contributed by atoms with Crippen molar-refractivity contribution < 1.29 is 4.79 Å². The van der Waals surface area contributed by atoms with Crippen LogP contribution in [-0.4, -0.2) is 12.5 Å². The molecule has 0 aliphatic carbocycles. The molecule has 3 rings (SSSR count). The first-order valence-electron chi connectivity index (χ1n) is 7.12. The van der Waals surface area contributed by atoms with E-state index >= 15 is 0 Å². The fourth-order valence-electron chi connectivity index (χ4n) is 2.56. The molecule has 2 aromatic carbocycles. The minimum absolute atomic E-state index is 0.204. The van der Waals surface area contributed by atoms with Gasteiger partial charge in [-0.1, -0.05) is 35.9 Å². The third-order valence-corrected chi connectivity index (χ3v) is 3.92. The SMILES string of the molecule is O=C1CCCN1c1ccccc1NCc1ccc(Cl)cc1. The highest BCUT2D eigenvalue weighted by atomic mass is 35.5. The first-order chi connectivity index (χ1) is 10.2. The van der Waals surface area contributed by atoms with Gasteiger partial charge in [-0.05, 0) is 36.2 Å². The Labute approximate surface area is 129 Å². The molecule has 3 nitrogen and oxygen atoms in total. The van der Waals surface area contributed by atoms with E-state index in [-0.39, 0.29) is 5.91 Å². The van der Waals surface area contributed by atoms with Crippen molar-refractivity contribution in [3.8, 4) is 0 Å². The third-order valence-electron chi connectivity index (χ3n) is 3.66. The topological polar surface area (TPSA) is 32.3 Å². The second kappa shape index (κ2) is 6.19. The Hall–Kier alpha value is -2.00. The number of nitrogens with zero attached hydrogens (tertiary/aromatic N) is 1. The number of carbonyl (C=O) groups is 1. The first kappa shape index (κ1) is 14.0. The summed E-state index contributed by atoms with van der Waals surface area (Å²) in [6.07, 6.45) is 1.58. The summed E-state index contributed by atoms with van der Waals surface area (Å²) in [4.78, 5) is 13.8. The van der Waals surface area contributed by atoms with Crippen molar-refractivity contribution in [2.45, 2.75) is 19.4 Å². The zero-order valence-corrected chi connectivity index (χ0v) is 12.4. The highest BCUT2D eigenvalue weighted by molar-refractivity contribution is 6.30. The minimum atomic E-state index is 0.204. The highest BCUT2D eigenvalue weighted by Gasteiger charge is 2.23. The van der Waals surface area contributed by atoms with E-state index in [2.05, 4.69) is 5.32 Å². The van der Waals surface area contributed by atoms with Gasteiger partial charge in [-0.15, -0.1) is 0 Å². The molecule has 4 heteroatoms. The van der Waals surface area contributed by atoms with Crippen molar-refractivity contribution >= 4 is 28.9 Å². The van der Waals surface area contributed by atoms with E-state index in [1.807, 2.05) is 53.4 Å². The molecular weight excluding hydrogens is 284 g/mol. The van der Waals surface area contributed by atoms with Crippen LogP contribution in [0.4, 0.5) is 11.4 Å². The summed E-state index contributed by atoms with van der Waals surface area (Å²) in [5, 5.41) is 4.15. The number of para-hydroxylation sites is 2. The van der Waals surface area contributed by atoms with Crippen LogP contribution >= 0.6 is 11.6 Å². The average molecular weight is 301 g/mol. The lowest BCUT2D eigenvalue weighted by Gasteiger charge is -2.20. The molecule has 1 N–H and O–H groups in total. The van der Waals surface area contributed by atoms with Crippen LogP contribution in [0.25, 0.3) is 0 Å². The van der Waals surface area contributed by atoms with Gasteiger partial charge in [-0.2, -0.15) is 0 Å². The molecule has 0 spiro atoms. The number of carbonyl (C=O) groups excluding carboxylic acids is 1. The number of hydrogen-bond donors (Lipinski definition) is 1. The summed E-state index contributed by atoms with van der Waals surface area (Å²) < 4.78 is 0. The quantitative estimate of drug-likeness (QED) is 0.923. The Morgan fingerprint density at radius 1 is 1.10 bits per heavy atom. The predicted octanol–water partition coefficient (Wildman–Crippen LogP) is 4.08. The second-order valence-electron chi connectivity index (χ2n) is 5.15. The zero-order valence-electron chi connectivity index (χ0n) is 11.7. The van der Waals surface area contributed by atoms with E-state index in [9.17, 15) is 4.79 Å². The van der Waals surface area contributed by atoms with Crippen LogP contribution in [0.3, 0.4) is 0 Å². The molecule has 1 fully saturated rings. The zero-order chi connectivity index (χ0) is 14.7. The Balaban J connectivity index is 1.76. The lowest BCUT2D eigenvalue weighted by molar-refractivity contribution is -0.117. The first-order valence-corrected chi connectivity index (χ1v) is 7.49. The van der Waals surface area contributed by atoms with Gasteiger partial charge in [0, 0.05) is 24.5 Å². The second-order valence-corrected chi connectivity index (χ2v) is 5.58. The normalized spacial score (nSPS) is 14.5. The standard InChI is InChI=1S/C17H17ClN2O/c18-14-9-7-13(8-10-14)12-19-15-4-1-2-5-16(15)20-11-3-6-17(20)21/h1-2,4-5,7-10,19H,3,6,11-12H2. The van der Waals surface area contributed by atoms with Gasteiger partial charge >= 0.3 is 0 Å². The maximum absolute atomic E-state index is 11.9. The molecule has 108 valence electrons. The Bertz CT molecular complexity index is 639. The fourth-order valence-corrected chi connectivity index (χ4v) is 2.69. The van der Waals surface area contributed by atoms with Crippen LogP contribution < -0.4 is 10.2 Å². The van der Waals surface area contributed by atoms with Gasteiger partial charge in [0.15, 0.2) is 0 Å². The van der Waals surface area contributed by atoms with Gasteiger partial charge in [-0.25, -0.2) is 0 Å². The molecule has 0 saturated carbocycles. The number of benzene rings is 2. The summed E-state index contributed by atoms with van der Waals surface area (Å²) in [5.74, 6) is 0.204. The maximum Gasteiger partial charge on any atom is 0.227 e. The summed E-state index contributed by atoms with van der Waals surface area (Å²) >= 11 is 5.89. The van der Waals surface area contributed by atoms with Crippen LogP contribution in [0.2, 0.25) is 5.02 Å². The van der Waals surface area contributed by atoms with Crippen molar-refractivity contribution in [2.24, 2.45) is 0 Å². The molecule has 2 aromatic rings. The molecule has 1 aliphatic heterocycles.